The Hall–Kier alpha value is -0.570. The van der Waals surface area contributed by atoms with Crippen LogP contribution in [0, 0.1) is 6.92 Å². The summed E-state index contributed by atoms with van der Waals surface area (Å²) in [6.45, 7) is 6.54. The Bertz CT molecular complexity index is 403. The van der Waals surface area contributed by atoms with E-state index in [1.165, 1.54) is 5.56 Å². The topological polar surface area (TPSA) is 15.3 Å². The smallest absolute Gasteiger partial charge is 0.0502 e. The maximum atomic E-state index is 6.25. The fraction of sp³-hybridized carbons (Fsp3) is 0.600. The van der Waals surface area contributed by atoms with E-state index in [9.17, 15) is 0 Å². The summed E-state index contributed by atoms with van der Waals surface area (Å²) < 4.78 is 0. The van der Waals surface area contributed by atoms with Gasteiger partial charge in [-0.3, -0.25) is 0 Å². The number of benzene rings is 1. The quantitative estimate of drug-likeness (QED) is 0.877. The average Bonchev–Trinajstić information content (AvgIpc) is 2.33. The molecule has 0 radical (unpaired) electrons. The molecule has 0 spiro atoms. The molecule has 0 aliphatic rings. The second kappa shape index (κ2) is 6.05. The van der Waals surface area contributed by atoms with Crippen LogP contribution < -0.4 is 5.32 Å². The van der Waals surface area contributed by atoms with E-state index in [1.807, 2.05) is 14.0 Å². The summed E-state index contributed by atoms with van der Waals surface area (Å²) in [5.41, 5.74) is 2.43. The molecule has 1 aromatic rings. The standard InChI is InChI=1S/C15H25ClN2/c1-7-15(3,18(5)6)14(17-4)12-9-8-11(2)13(16)10-12/h8-10,14,17H,7H2,1-6H3. The predicted octanol–water partition coefficient (Wildman–Crippen LogP) is 3.64. The Kier molecular flexibility index (Phi) is 5.20. The van der Waals surface area contributed by atoms with E-state index in [4.69, 9.17) is 11.6 Å². The lowest BCUT2D eigenvalue weighted by Gasteiger charge is -2.43. The van der Waals surface area contributed by atoms with E-state index in [2.05, 4.69) is 56.4 Å². The third-order valence-corrected chi connectivity index (χ3v) is 4.58. The fourth-order valence-corrected chi connectivity index (χ4v) is 2.59. The van der Waals surface area contributed by atoms with E-state index < -0.39 is 0 Å². The molecule has 0 aliphatic carbocycles. The molecule has 0 fully saturated rings. The second-order valence-corrected chi connectivity index (χ2v) is 5.74. The van der Waals surface area contributed by atoms with Crippen LogP contribution in [0.2, 0.25) is 5.02 Å². The first kappa shape index (κ1) is 15.5. The van der Waals surface area contributed by atoms with Crippen LogP contribution in [0.5, 0.6) is 0 Å². The minimum Gasteiger partial charge on any atom is -0.311 e. The summed E-state index contributed by atoms with van der Waals surface area (Å²) in [5, 5.41) is 4.28. The van der Waals surface area contributed by atoms with Gasteiger partial charge in [0.25, 0.3) is 0 Å². The number of aryl methyl sites for hydroxylation is 1. The molecular weight excluding hydrogens is 244 g/mol. The Morgan fingerprint density at radius 2 is 2.00 bits per heavy atom. The van der Waals surface area contributed by atoms with Crippen molar-refractivity contribution in [3.63, 3.8) is 0 Å². The van der Waals surface area contributed by atoms with E-state index in [0.717, 1.165) is 17.0 Å². The van der Waals surface area contributed by atoms with Crippen LogP contribution >= 0.6 is 11.6 Å². The summed E-state index contributed by atoms with van der Waals surface area (Å²) in [6.07, 6.45) is 1.07. The van der Waals surface area contributed by atoms with E-state index in [-0.39, 0.29) is 11.6 Å². The zero-order valence-corrected chi connectivity index (χ0v) is 13.1. The van der Waals surface area contributed by atoms with Crippen molar-refractivity contribution in [3.8, 4) is 0 Å². The van der Waals surface area contributed by atoms with Crippen LogP contribution in [0.15, 0.2) is 18.2 Å². The second-order valence-electron chi connectivity index (χ2n) is 5.34. The van der Waals surface area contributed by atoms with Gasteiger partial charge in [0.05, 0.1) is 6.04 Å². The number of nitrogens with zero attached hydrogens (tertiary/aromatic N) is 1. The largest absolute Gasteiger partial charge is 0.311 e. The van der Waals surface area contributed by atoms with Gasteiger partial charge in [-0.25, -0.2) is 0 Å². The van der Waals surface area contributed by atoms with E-state index >= 15 is 0 Å². The molecule has 0 aromatic heterocycles. The average molecular weight is 269 g/mol. The molecule has 1 N–H and O–H groups in total. The van der Waals surface area contributed by atoms with Crippen LogP contribution in [0.3, 0.4) is 0 Å². The molecular formula is C15H25ClN2. The normalized spacial score (nSPS) is 16.7. The van der Waals surface area contributed by atoms with Crippen LogP contribution in [0.1, 0.15) is 37.4 Å². The zero-order chi connectivity index (χ0) is 13.9. The highest BCUT2D eigenvalue weighted by Crippen LogP contribution is 2.34. The summed E-state index contributed by atoms with van der Waals surface area (Å²) in [7, 11) is 6.27. The minimum atomic E-state index is 0.0628. The Labute approximate surface area is 116 Å². The number of hydrogen-bond donors (Lipinski definition) is 1. The Morgan fingerprint density at radius 3 is 2.39 bits per heavy atom. The molecule has 0 saturated carbocycles. The van der Waals surface area contributed by atoms with Crippen molar-refractivity contribution >= 4 is 11.6 Å². The van der Waals surface area contributed by atoms with Crippen molar-refractivity contribution in [2.45, 2.75) is 38.8 Å². The number of likely N-dealkylation sites (N-methyl/N-ethyl adjacent to an activating group) is 2. The first-order valence-electron chi connectivity index (χ1n) is 6.47. The highest BCUT2D eigenvalue weighted by molar-refractivity contribution is 6.31. The van der Waals surface area contributed by atoms with Crippen LogP contribution in [-0.4, -0.2) is 31.6 Å². The summed E-state index contributed by atoms with van der Waals surface area (Å²) >= 11 is 6.25. The van der Waals surface area contributed by atoms with Gasteiger partial charge in [0.15, 0.2) is 0 Å². The number of rotatable bonds is 5. The maximum Gasteiger partial charge on any atom is 0.0502 e. The molecule has 0 amide bonds. The van der Waals surface area contributed by atoms with Crippen molar-refractivity contribution in [2.24, 2.45) is 0 Å². The van der Waals surface area contributed by atoms with E-state index in [0.29, 0.717) is 0 Å². The van der Waals surface area contributed by atoms with Gasteiger partial charge < -0.3 is 10.2 Å². The third kappa shape index (κ3) is 2.87. The van der Waals surface area contributed by atoms with Gasteiger partial charge in [-0.15, -0.1) is 0 Å². The van der Waals surface area contributed by atoms with Crippen LogP contribution in [0.4, 0.5) is 0 Å². The summed E-state index contributed by atoms with van der Waals surface area (Å²) in [6, 6.07) is 6.60. The first-order valence-corrected chi connectivity index (χ1v) is 6.85. The van der Waals surface area contributed by atoms with Gasteiger partial charge in [0.2, 0.25) is 0 Å². The number of halogens is 1. The van der Waals surface area contributed by atoms with Crippen molar-refractivity contribution in [1.82, 2.24) is 10.2 Å². The zero-order valence-electron chi connectivity index (χ0n) is 12.3. The van der Waals surface area contributed by atoms with Gasteiger partial charge in [-0.05, 0) is 58.6 Å². The molecule has 2 unspecified atom stereocenters. The van der Waals surface area contributed by atoms with Gasteiger partial charge in [0.1, 0.15) is 0 Å². The van der Waals surface area contributed by atoms with Gasteiger partial charge in [0, 0.05) is 10.6 Å². The van der Waals surface area contributed by atoms with Crippen molar-refractivity contribution < 1.29 is 0 Å². The number of nitrogens with one attached hydrogen (secondary N) is 1. The highest BCUT2D eigenvalue weighted by Gasteiger charge is 2.34. The first-order chi connectivity index (χ1) is 8.36. The molecule has 0 aliphatic heterocycles. The lowest BCUT2D eigenvalue weighted by molar-refractivity contribution is 0.117. The van der Waals surface area contributed by atoms with Crippen LogP contribution in [-0.2, 0) is 0 Å². The summed E-state index contributed by atoms with van der Waals surface area (Å²) in [4.78, 5) is 2.28. The van der Waals surface area contributed by atoms with Gasteiger partial charge in [-0.2, -0.15) is 0 Å². The lowest BCUT2D eigenvalue weighted by atomic mass is 9.83. The molecule has 2 nitrogen and oxygen atoms in total. The molecule has 1 rings (SSSR count). The monoisotopic (exact) mass is 268 g/mol. The molecule has 102 valence electrons. The lowest BCUT2D eigenvalue weighted by Crippen LogP contribution is -2.50. The van der Waals surface area contributed by atoms with Gasteiger partial charge in [-0.1, -0.05) is 30.7 Å². The molecule has 18 heavy (non-hydrogen) atoms. The molecule has 0 bridgehead atoms. The van der Waals surface area contributed by atoms with Gasteiger partial charge >= 0.3 is 0 Å². The van der Waals surface area contributed by atoms with Crippen LogP contribution in [0.25, 0.3) is 0 Å². The highest BCUT2D eigenvalue weighted by atomic mass is 35.5. The molecule has 2 atom stereocenters. The Morgan fingerprint density at radius 1 is 1.39 bits per heavy atom. The maximum absolute atomic E-state index is 6.25. The Balaban J connectivity index is 3.20. The van der Waals surface area contributed by atoms with Crippen molar-refractivity contribution in [3.05, 3.63) is 34.3 Å². The third-order valence-electron chi connectivity index (χ3n) is 4.18. The SMILES string of the molecule is CCC(C)(C(NC)c1ccc(C)c(Cl)c1)N(C)C. The fourth-order valence-electron chi connectivity index (χ4n) is 2.40. The summed E-state index contributed by atoms with van der Waals surface area (Å²) in [5.74, 6) is 0. The molecule has 1 aromatic carbocycles. The minimum absolute atomic E-state index is 0.0628. The molecule has 0 heterocycles. The number of hydrogen-bond acceptors (Lipinski definition) is 2. The van der Waals surface area contributed by atoms with E-state index in [1.54, 1.807) is 0 Å². The molecule has 0 saturated heterocycles. The van der Waals surface area contributed by atoms with Crippen molar-refractivity contribution in [1.29, 1.82) is 0 Å². The predicted molar refractivity (Wildman–Crippen MR) is 80.4 cm³/mol. The molecule has 3 heteroatoms. The van der Waals surface area contributed by atoms with Crippen molar-refractivity contribution in [2.75, 3.05) is 21.1 Å².